The van der Waals surface area contributed by atoms with Gasteiger partial charge < -0.3 is 19.7 Å². The molecule has 1 aromatic carbocycles. The maximum absolute atomic E-state index is 14.7. The number of amidine groups is 1. The van der Waals surface area contributed by atoms with Crippen molar-refractivity contribution in [1.82, 2.24) is 15.1 Å². The zero-order valence-electron chi connectivity index (χ0n) is 16.9. The molecular weight excluding hydrogens is 453 g/mol. The Morgan fingerprint density at radius 2 is 1.97 bits per heavy atom. The zero-order valence-corrected chi connectivity index (χ0v) is 16.9. The summed E-state index contributed by atoms with van der Waals surface area (Å²) in [5.74, 6) is -0.540. The fourth-order valence-electron chi connectivity index (χ4n) is 3.41. The van der Waals surface area contributed by atoms with Crippen molar-refractivity contribution in [3.8, 4) is 28.6 Å². The number of rotatable bonds is 5. The molecule has 3 aromatic rings. The van der Waals surface area contributed by atoms with E-state index in [1.165, 1.54) is 31.6 Å². The van der Waals surface area contributed by atoms with E-state index in [2.05, 4.69) is 24.9 Å². The van der Waals surface area contributed by atoms with Crippen LogP contribution in [0.4, 0.5) is 22.0 Å². The van der Waals surface area contributed by atoms with Gasteiger partial charge in [0.15, 0.2) is 11.9 Å². The summed E-state index contributed by atoms with van der Waals surface area (Å²) in [6, 6.07) is 4.01. The number of hydrogen-bond acceptors (Lipinski definition) is 8. The number of methoxy groups -OCH3 is 1. The van der Waals surface area contributed by atoms with Gasteiger partial charge in [0.2, 0.25) is 5.88 Å². The molecule has 1 aliphatic heterocycles. The van der Waals surface area contributed by atoms with Crippen molar-refractivity contribution in [3.05, 3.63) is 48.0 Å². The molecule has 8 nitrogen and oxygen atoms in total. The topological polar surface area (TPSA) is 109 Å². The minimum absolute atomic E-state index is 0.134. The summed E-state index contributed by atoms with van der Waals surface area (Å²) >= 11 is 0. The van der Waals surface area contributed by atoms with Crippen molar-refractivity contribution < 1.29 is 35.9 Å². The number of benzene rings is 1. The Morgan fingerprint density at radius 3 is 2.61 bits per heavy atom. The van der Waals surface area contributed by atoms with Crippen LogP contribution in [0.5, 0.6) is 5.88 Å². The number of aliphatic imine (C=N–C) groups is 1. The molecule has 2 atom stereocenters. The normalized spacial score (nSPS) is 20.8. The molecule has 0 saturated carbocycles. The molecule has 0 saturated heterocycles. The Hall–Kier alpha value is -3.77. The molecule has 174 valence electrons. The quantitative estimate of drug-likeness (QED) is 0.567. The van der Waals surface area contributed by atoms with Gasteiger partial charge in [-0.1, -0.05) is 5.16 Å². The molecule has 0 amide bonds. The molecule has 0 radical (unpaired) electrons. The van der Waals surface area contributed by atoms with E-state index in [0.717, 1.165) is 12.1 Å². The lowest BCUT2D eigenvalue weighted by Gasteiger charge is -2.36. The maximum Gasteiger partial charge on any atom is 0.425 e. The second-order valence-corrected chi connectivity index (χ2v) is 7.18. The number of hydrogen-bond donors (Lipinski definition) is 1. The molecule has 3 heterocycles. The number of nitrogens with two attached hydrogens (primary N) is 1. The third-order valence-electron chi connectivity index (χ3n) is 5.06. The summed E-state index contributed by atoms with van der Waals surface area (Å²) in [5, 5.41) is 3.87. The van der Waals surface area contributed by atoms with E-state index in [0.29, 0.717) is 5.69 Å². The van der Waals surface area contributed by atoms with Crippen molar-refractivity contribution >= 4 is 6.02 Å². The van der Waals surface area contributed by atoms with Gasteiger partial charge in [0.1, 0.15) is 29.4 Å². The van der Waals surface area contributed by atoms with Crippen molar-refractivity contribution in [2.75, 3.05) is 13.8 Å². The summed E-state index contributed by atoms with van der Waals surface area (Å²) in [5.41, 5.74) is 3.60. The van der Waals surface area contributed by atoms with Gasteiger partial charge in [0.25, 0.3) is 6.02 Å². The summed E-state index contributed by atoms with van der Waals surface area (Å²) < 4.78 is 83.4. The molecule has 33 heavy (non-hydrogen) atoms. The standard InChI is InChI=1S/C20H16F5N5O3/c1-31-17-8-27-14(7-28-17)13-5-15(33-30-13)10-2-3-12(22)11(4-10)19(9-21)6-16(20(23,24)25)32-18(26)29-19/h2-5,7-8,16H,6,9H2,1H3,(H2,26,29)/t16-,19+/m0/s1. The summed E-state index contributed by atoms with van der Waals surface area (Å²) in [6.07, 6.45) is -5.52. The molecule has 1 aliphatic rings. The molecule has 0 aliphatic carbocycles. The predicted molar refractivity (Wildman–Crippen MR) is 104 cm³/mol. The van der Waals surface area contributed by atoms with E-state index in [1.807, 2.05) is 0 Å². The van der Waals surface area contributed by atoms with Crippen molar-refractivity contribution in [2.45, 2.75) is 24.2 Å². The van der Waals surface area contributed by atoms with Crippen LogP contribution in [0.15, 0.2) is 46.2 Å². The van der Waals surface area contributed by atoms with E-state index in [9.17, 15) is 22.0 Å². The average Bonchev–Trinajstić information content (AvgIpc) is 3.28. The van der Waals surface area contributed by atoms with Gasteiger partial charge in [-0.25, -0.2) is 23.7 Å². The van der Waals surface area contributed by atoms with E-state index >= 15 is 0 Å². The van der Waals surface area contributed by atoms with E-state index < -0.39 is 48.3 Å². The molecule has 4 rings (SSSR count). The fraction of sp³-hybridized carbons (Fsp3) is 0.300. The van der Waals surface area contributed by atoms with Crippen LogP contribution in [0.1, 0.15) is 12.0 Å². The van der Waals surface area contributed by atoms with Crippen molar-refractivity contribution in [3.63, 3.8) is 0 Å². The molecule has 13 heteroatoms. The average molecular weight is 469 g/mol. The summed E-state index contributed by atoms with van der Waals surface area (Å²) in [7, 11) is 1.43. The van der Waals surface area contributed by atoms with Gasteiger partial charge in [-0.05, 0) is 18.2 Å². The van der Waals surface area contributed by atoms with Crippen LogP contribution in [0, 0.1) is 5.82 Å². The SMILES string of the molecule is COc1cnc(-c2cc(-c3ccc(F)c([C@]4(CF)C[C@@H](C(F)(F)F)OC(N)=N4)c3)on2)cn1. The van der Waals surface area contributed by atoms with Crippen LogP contribution in [0.25, 0.3) is 22.7 Å². The molecule has 2 aromatic heterocycles. The Bertz CT molecular complexity index is 1180. The highest BCUT2D eigenvalue weighted by molar-refractivity contribution is 5.73. The minimum atomic E-state index is -4.85. The van der Waals surface area contributed by atoms with Crippen LogP contribution in [-0.4, -0.2) is 47.2 Å². The summed E-state index contributed by atoms with van der Waals surface area (Å²) in [4.78, 5) is 11.8. The zero-order chi connectivity index (χ0) is 23.8. The first-order chi connectivity index (χ1) is 15.6. The molecular formula is C20H16F5N5O3. The van der Waals surface area contributed by atoms with Gasteiger partial charge in [0.05, 0.1) is 19.5 Å². The van der Waals surface area contributed by atoms with Gasteiger partial charge in [-0.3, -0.25) is 0 Å². The highest BCUT2D eigenvalue weighted by Gasteiger charge is 2.52. The van der Waals surface area contributed by atoms with Gasteiger partial charge in [-0.2, -0.15) is 13.2 Å². The second-order valence-electron chi connectivity index (χ2n) is 7.18. The second kappa shape index (κ2) is 8.30. The lowest BCUT2D eigenvalue weighted by atomic mass is 9.84. The Labute approximate surface area is 183 Å². The highest BCUT2D eigenvalue weighted by atomic mass is 19.4. The van der Waals surface area contributed by atoms with Crippen LogP contribution in [0.2, 0.25) is 0 Å². The van der Waals surface area contributed by atoms with Crippen molar-refractivity contribution in [2.24, 2.45) is 10.7 Å². The number of aromatic nitrogens is 3. The van der Waals surface area contributed by atoms with Crippen LogP contribution < -0.4 is 10.5 Å². The first-order valence-electron chi connectivity index (χ1n) is 9.43. The minimum Gasteiger partial charge on any atom is -0.480 e. The number of nitrogens with zero attached hydrogens (tertiary/aromatic N) is 4. The number of ether oxygens (including phenoxy) is 2. The molecule has 0 fully saturated rings. The van der Waals surface area contributed by atoms with E-state index in [1.54, 1.807) is 0 Å². The number of alkyl halides is 4. The van der Waals surface area contributed by atoms with Gasteiger partial charge >= 0.3 is 6.18 Å². The fourth-order valence-corrected chi connectivity index (χ4v) is 3.41. The third-order valence-corrected chi connectivity index (χ3v) is 5.06. The lowest BCUT2D eigenvalue weighted by Crippen LogP contribution is -2.48. The third kappa shape index (κ3) is 4.30. The Morgan fingerprint density at radius 1 is 1.18 bits per heavy atom. The smallest absolute Gasteiger partial charge is 0.425 e. The first kappa shape index (κ1) is 22.4. The molecule has 0 spiro atoms. The molecule has 2 N–H and O–H groups in total. The van der Waals surface area contributed by atoms with Crippen LogP contribution in [-0.2, 0) is 10.3 Å². The van der Waals surface area contributed by atoms with E-state index in [-0.39, 0.29) is 22.9 Å². The maximum atomic E-state index is 14.7. The van der Waals surface area contributed by atoms with Crippen molar-refractivity contribution in [1.29, 1.82) is 0 Å². The lowest BCUT2D eigenvalue weighted by molar-refractivity contribution is -0.209. The van der Waals surface area contributed by atoms with E-state index in [4.69, 9.17) is 15.0 Å². The first-order valence-corrected chi connectivity index (χ1v) is 9.43. The Kier molecular flexibility index (Phi) is 5.64. The molecule has 0 bridgehead atoms. The monoisotopic (exact) mass is 469 g/mol. The largest absolute Gasteiger partial charge is 0.480 e. The van der Waals surface area contributed by atoms with Gasteiger partial charge in [0, 0.05) is 23.6 Å². The number of halogens is 5. The highest BCUT2D eigenvalue weighted by Crippen LogP contribution is 2.42. The Balaban J connectivity index is 1.72. The van der Waals surface area contributed by atoms with Gasteiger partial charge in [-0.15, -0.1) is 0 Å². The summed E-state index contributed by atoms with van der Waals surface area (Å²) in [6.45, 7) is -1.44. The molecule has 0 unspecified atom stereocenters. The van der Waals surface area contributed by atoms with Crippen LogP contribution >= 0.6 is 0 Å². The van der Waals surface area contributed by atoms with Crippen LogP contribution in [0.3, 0.4) is 0 Å². The predicted octanol–water partition coefficient (Wildman–Crippen LogP) is 3.78.